The third kappa shape index (κ3) is 7.98. The van der Waals surface area contributed by atoms with E-state index in [1.165, 1.54) is 21.6 Å². The van der Waals surface area contributed by atoms with Crippen LogP contribution in [0.5, 0.6) is 0 Å². The first-order valence-corrected chi connectivity index (χ1v) is 8.97. The molecule has 0 fully saturated rings. The van der Waals surface area contributed by atoms with Crippen LogP contribution < -0.4 is 10.6 Å². The largest absolute Gasteiger partial charge is 0.396 e. The smallest absolute Gasteiger partial charge is 0.234 e. The third-order valence-corrected chi connectivity index (χ3v) is 5.56. The Morgan fingerprint density at radius 1 is 0.900 bits per heavy atom. The zero-order valence-electron chi connectivity index (χ0n) is 11.9. The number of rotatable bonds is 11. The second kappa shape index (κ2) is 12.3. The number of amides is 2. The summed E-state index contributed by atoms with van der Waals surface area (Å²) in [5.41, 5.74) is 0. The molecule has 0 saturated carbocycles. The van der Waals surface area contributed by atoms with E-state index in [1.807, 2.05) is 13.8 Å². The van der Waals surface area contributed by atoms with Gasteiger partial charge in [0, 0.05) is 26.3 Å². The molecule has 2 unspecified atom stereocenters. The lowest BCUT2D eigenvalue weighted by atomic mass is 10.3. The van der Waals surface area contributed by atoms with Gasteiger partial charge in [-0.15, -0.1) is 0 Å². The molecule has 0 saturated heterocycles. The molecule has 0 heterocycles. The molecule has 0 aliphatic rings. The Balaban J connectivity index is 4.45. The molecule has 8 heteroatoms. The highest BCUT2D eigenvalue weighted by Gasteiger charge is 2.24. The summed E-state index contributed by atoms with van der Waals surface area (Å²) in [6, 6.07) is 0. The lowest BCUT2D eigenvalue weighted by Gasteiger charge is -2.18. The molecule has 2 atom stereocenters. The van der Waals surface area contributed by atoms with Gasteiger partial charge >= 0.3 is 0 Å². The first-order valence-electron chi connectivity index (χ1n) is 6.69. The van der Waals surface area contributed by atoms with Crippen LogP contribution >= 0.6 is 21.6 Å². The summed E-state index contributed by atoms with van der Waals surface area (Å²) in [6.07, 6.45) is 0.676. The number of carbonyl (C=O) groups is 2. The van der Waals surface area contributed by atoms with Crippen LogP contribution in [0.1, 0.15) is 26.7 Å². The SMILES string of the molecule is CCNC(=O)C(CCO)SSC(CCO)C(=O)NCC. The van der Waals surface area contributed by atoms with Crippen LogP contribution in [0.15, 0.2) is 0 Å². The first kappa shape index (κ1) is 19.6. The molecule has 118 valence electrons. The Kier molecular flexibility index (Phi) is 12.0. The summed E-state index contributed by atoms with van der Waals surface area (Å²) in [5, 5.41) is 22.6. The summed E-state index contributed by atoms with van der Waals surface area (Å²) >= 11 is 0. The molecule has 0 bridgehead atoms. The molecule has 0 aliphatic carbocycles. The van der Waals surface area contributed by atoms with E-state index in [-0.39, 0.29) is 25.0 Å². The van der Waals surface area contributed by atoms with Crippen molar-refractivity contribution >= 4 is 33.4 Å². The van der Waals surface area contributed by atoms with E-state index in [4.69, 9.17) is 10.2 Å². The van der Waals surface area contributed by atoms with Gasteiger partial charge in [-0.2, -0.15) is 0 Å². The summed E-state index contributed by atoms with van der Waals surface area (Å²) in [7, 11) is 2.54. The van der Waals surface area contributed by atoms with E-state index in [9.17, 15) is 9.59 Å². The van der Waals surface area contributed by atoms with Crippen molar-refractivity contribution in [3.8, 4) is 0 Å². The molecule has 0 aromatic carbocycles. The Morgan fingerprint density at radius 2 is 1.25 bits per heavy atom. The first-order chi connectivity index (χ1) is 9.60. The highest BCUT2D eigenvalue weighted by atomic mass is 33.1. The van der Waals surface area contributed by atoms with Gasteiger partial charge < -0.3 is 20.8 Å². The number of aliphatic hydroxyl groups is 2. The molecule has 20 heavy (non-hydrogen) atoms. The topological polar surface area (TPSA) is 98.7 Å². The molecule has 6 nitrogen and oxygen atoms in total. The Bertz CT molecular complexity index is 265. The van der Waals surface area contributed by atoms with Gasteiger partial charge in [0.05, 0.1) is 10.5 Å². The maximum atomic E-state index is 11.8. The van der Waals surface area contributed by atoms with Gasteiger partial charge in [-0.3, -0.25) is 9.59 Å². The van der Waals surface area contributed by atoms with Gasteiger partial charge in [0.2, 0.25) is 11.8 Å². The van der Waals surface area contributed by atoms with Crippen molar-refractivity contribution < 1.29 is 19.8 Å². The van der Waals surface area contributed by atoms with Gasteiger partial charge in [0.1, 0.15) is 0 Å². The van der Waals surface area contributed by atoms with Crippen LogP contribution in [-0.4, -0.2) is 58.8 Å². The second-order valence-corrected chi connectivity index (χ2v) is 6.66. The number of hydrogen-bond donors (Lipinski definition) is 4. The molecule has 0 radical (unpaired) electrons. The highest BCUT2D eigenvalue weighted by molar-refractivity contribution is 8.77. The highest BCUT2D eigenvalue weighted by Crippen LogP contribution is 2.34. The number of carbonyl (C=O) groups excluding carboxylic acids is 2. The average molecular weight is 324 g/mol. The molecule has 0 spiro atoms. The van der Waals surface area contributed by atoms with Crippen LogP contribution in [0.4, 0.5) is 0 Å². The maximum absolute atomic E-state index is 11.8. The van der Waals surface area contributed by atoms with Crippen molar-refractivity contribution in [2.45, 2.75) is 37.2 Å². The van der Waals surface area contributed by atoms with Gasteiger partial charge in [0.15, 0.2) is 0 Å². The molecular weight excluding hydrogens is 300 g/mol. The monoisotopic (exact) mass is 324 g/mol. The molecule has 0 aromatic rings. The fourth-order valence-corrected chi connectivity index (χ4v) is 4.31. The second-order valence-electron chi connectivity index (χ2n) is 3.98. The average Bonchev–Trinajstić information content (AvgIpc) is 2.42. The van der Waals surface area contributed by atoms with E-state index >= 15 is 0 Å². The lowest BCUT2D eigenvalue weighted by Crippen LogP contribution is -2.35. The van der Waals surface area contributed by atoms with Crippen molar-refractivity contribution in [1.82, 2.24) is 10.6 Å². The summed E-state index contributed by atoms with van der Waals surface area (Å²) in [4.78, 5) is 23.6. The molecule has 0 rings (SSSR count). The van der Waals surface area contributed by atoms with Crippen LogP contribution in [0.3, 0.4) is 0 Å². The Hall–Kier alpha value is -0.440. The van der Waals surface area contributed by atoms with Crippen LogP contribution in [0.2, 0.25) is 0 Å². The normalized spacial score (nSPS) is 13.6. The minimum atomic E-state index is -0.402. The lowest BCUT2D eigenvalue weighted by molar-refractivity contribution is -0.121. The fraction of sp³-hybridized carbons (Fsp3) is 0.833. The molecule has 4 N–H and O–H groups in total. The van der Waals surface area contributed by atoms with Crippen molar-refractivity contribution in [1.29, 1.82) is 0 Å². The Labute approximate surface area is 127 Å². The minimum absolute atomic E-state index is 0.0822. The third-order valence-electron chi connectivity index (χ3n) is 2.36. The zero-order chi connectivity index (χ0) is 15.4. The van der Waals surface area contributed by atoms with Gasteiger partial charge in [-0.25, -0.2) is 0 Å². The maximum Gasteiger partial charge on any atom is 0.234 e. The van der Waals surface area contributed by atoms with Gasteiger partial charge in [-0.1, -0.05) is 21.6 Å². The minimum Gasteiger partial charge on any atom is -0.396 e. The van der Waals surface area contributed by atoms with E-state index in [2.05, 4.69) is 10.6 Å². The molecule has 2 amide bonds. The van der Waals surface area contributed by atoms with Crippen LogP contribution in [-0.2, 0) is 9.59 Å². The summed E-state index contributed by atoms with van der Waals surface area (Å²) in [6.45, 7) is 4.55. The summed E-state index contributed by atoms with van der Waals surface area (Å²) in [5.74, 6) is -0.282. The van der Waals surface area contributed by atoms with E-state index < -0.39 is 10.5 Å². The standard InChI is InChI=1S/C12H24N2O4S2/c1-3-13-11(17)9(5-7-15)19-20-10(6-8-16)12(18)14-4-2/h9-10,15-16H,3-8H2,1-2H3,(H,13,17)(H,14,18). The van der Waals surface area contributed by atoms with Crippen LogP contribution in [0, 0.1) is 0 Å². The van der Waals surface area contributed by atoms with E-state index in [0.29, 0.717) is 25.9 Å². The van der Waals surface area contributed by atoms with Crippen molar-refractivity contribution in [3.05, 3.63) is 0 Å². The zero-order valence-corrected chi connectivity index (χ0v) is 13.6. The van der Waals surface area contributed by atoms with Crippen LogP contribution in [0.25, 0.3) is 0 Å². The quantitative estimate of drug-likeness (QED) is 0.404. The van der Waals surface area contributed by atoms with Crippen molar-refractivity contribution in [2.24, 2.45) is 0 Å². The molecule has 0 aliphatic heterocycles. The van der Waals surface area contributed by atoms with Gasteiger partial charge in [0.25, 0.3) is 0 Å². The predicted molar refractivity (Wildman–Crippen MR) is 83.5 cm³/mol. The predicted octanol–water partition coefficient (Wildman–Crippen LogP) is 0.142. The van der Waals surface area contributed by atoms with Gasteiger partial charge in [-0.05, 0) is 26.7 Å². The number of nitrogens with one attached hydrogen (secondary N) is 2. The molecule has 0 aromatic heterocycles. The van der Waals surface area contributed by atoms with E-state index in [1.54, 1.807) is 0 Å². The van der Waals surface area contributed by atoms with E-state index in [0.717, 1.165) is 0 Å². The van der Waals surface area contributed by atoms with Crippen molar-refractivity contribution in [2.75, 3.05) is 26.3 Å². The molecular formula is C12H24N2O4S2. The number of aliphatic hydroxyl groups excluding tert-OH is 2. The van der Waals surface area contributed by atoms with Crippen molar-refractivity contribution in [3.63, 3.8) is 0 Å². The summed E-state index contributed by atoms with van der Waals surface area (Å²) < 4.78 is 0. The Morgan fingerprint density at radius 3 is 1.50 bits per heavy atom. The fourth-order valence-electron chi connectivity index (χ4n) is 1.39. The number of hydrogen-bond acceptors (Lipinski definition) is 6.